The van der Waals surface area contributed by atoms with Crippen LogP contribution in [-0.4, -0.2) is 6.61 Å². The lowest BCUT2D eigenvalue weighted by Crippen LogP contribution is -2.06. The first-order valence-corrected chi connectivity index (χ1v) is 7.66. The van der Waals surface area contributed by atoms with E-state index in [0.29, 0.717) is 18.6 Å². The van der Waals surface area contributed by atoms with Crippen molar-refractivity contribution >= 4 is 0 Å². The molecule has 112 valence electrons. The summed E-state index contributed by atoms with van der Waals surface area (Å²) in [5, 5.41) is 9.26. The van der Waals surface area contributed by atoms with E-state index in [1.165, 1.54) is 23.6 Å². The minimum Gasteiger partial charge on any atom is -0.494 e. The molecule has 0 saturated heterocycles. The summed E-state index contributed by atoms with van der Waals surface area (Å²) in [6.07, 6.45) is 3.96. The number of halogens is 1. The number of nitriles is 1. The number of nitrogens with zero attached hydrogens (tertiary/aromatic N) is 1. The summed E-state index contributed by atoms with van der Waals surface area (Å²) in [6.45, 7) is 0.408. The van der Waals surface area contributed by atoms with Crippen LogP contribution in [0.2, 0.25) is 0 Å². The Labute approximate surface area is 130 Å². The van der Waals surface area contributed by atoms with E-state index in [1.807, 2.05) is 6.07 Å². The third kappa shape index (κ3) is 3.12. The summed E-state index contributed by atoms with van der Waals surface area (Å²) in [6, 6.07) is 14.8. The molecular formula is C19H18FNO. The Bertz CT molecular complexity index is 705. The summed E-state index contributed by atoms with van der Waals surface area (Å²) in [5.41, 5.74) is 3.22. The molecule has 0 N–H and O–H groups in total. The van der Waals surface area contributed by atoms with Gasteiger partial charge in [-0.25, -0.2) is 4.39 Å². The van der Waals surface area contributed by atoms with Gasteiger partial charge in [0.15, 0.2) is 0 Å². The van der Waals surface area contributed by atoms with Gasteiger partial charge >= 0.3 is 0 Å². The van der Waals surface area contributed by atoms with Gasteiger partial charge in [-0.15, -0.1) is 0 Å². The lowest BCUT2D eigenvalue weighted by molar-refractivity contribution is 0.305. The molecule has 2 nitrogen and oxygen atoms in total. The first kappa shape index (κ1) is 14.6. The maximum atomic E-state index is 13.7. The molecule has 0 aromatic heterocycles. The quantitative estimate of drug-likeness (QED) is 0.819. The Kier molecular flexibility index (Phi) is 4.39. The van der Waals surface area contributed by atoms with E-state index in [9.17, 15) is 9.65 Å². The van der Waals surface area contributed by atoms with Crippen LogP contribution in [0, 0.1) is 17.1 Å². The molecule has 0 bridgehead atoms. The molecular weight excluding hydrogens is 277 g/mol. The number of rotatable bonds is 5. The second-order valence-corrected chi connectivity index (χ2v) is 5.62. The van der Waals surface area contributed by atoms with Gasteiger partial charge in [0.05, 0.1) is 18.6 Å². The molecule has 1 atom stereocenters. The summed E-state index contributed by atoms with van der Waals surface area (Å²) in [4.78, 5) is 0. The molecule has 0 spiro atoms. The van der Waals surface area contributed by atoms with E-state index in [0.717, 1.165) is 18.6 Å². The molecule has 1 aliphatic rings. The third-order valence-corrected chi connectivity index (χ3v) is 4.18. The zero-order valence-electron chi connectivity index (χ0n) is 12.4. The summed E-state index contributed by atoms with van der Waals surface area (Å²) in [5.74, 6) is 0.0353. The smallest absolute Gasteiger partial charge is 0.127 e. The van der Waals surface area contributed by atoms with Gasteiger partial charge in [0.2, 0.25) is 0 Å². The maximum absolute atomic E-state index is 13.7. The van der Waals surface area contributed by atoms with Crippen molar-refractivity contribution in [3.05, 3.63) is 65.0 Å². The predicted molar refractivity (Wildman–Crippen MR) is 83.3 cm³/mol. The van der Waals surface area contributed by atoms with Crippen molar-refractivity contribution in [3.63, 3.8) is 0 Å². The van der Waals surface area contributed by atoms with Crippen LogP contribution in [0.5, 0.6) is 5.75 Å². The SMILES string of the molecule is N#CC(CCOc1ccc2c(c1)CCC2)c1ccccc1F. The molecule has 0 fully saturated rings. The molecule has 0 saturated carbocycles. The van der Waals surface area contributed by atoms with Crippen LogP contribution in [0.25, 0.3) is 0 Å². The summed E-state index contributed by atoms with van der Waals surface area (Å²) in [7, 11) is 0. The fraction of sp³-hybridized carbons (Fsp3) is 0.316. The highest BCUT2D eigenvalue weighted by Gasteiger charge is 2.15. The molecule has 2 aromatic carbocycles. The van der Waals surface area contributed by atoms with Crippen LogP contribution in [0.1, 0.15) is 35.4 Å². The molecule has 0 amide bonds. The fourth-order valence-corrected chi connectivity index (χ4v) is 2.98. The zero-order chi connectivity index (χ0) is 15.4. The molecule has 3 heteroatoms. The van der Waals surface area contributed by atoms with Crippen molar-refractivity contribution in [2.24, 2.45) is 0 Å². The average Bonchev–Trinajstić information content (AvgIpc) is 3.00. The topological polar surface area (TPSA) is 33.0 Å². The molecule has 0 radical (unpaired) electrons. The lowest BCUT2D eigenvalue weighted by atomic mass is 9.97. The Hall–Kier alpha value is -2.34. The summed E-state index contributed by atoms with van der Waals surface area (Å²) >= 11 is 0. The highest BCUT2D eigenvalue weighted by atomic mass is 19.1. The lowest BCUT2D eigenvalue weighted by Gasteiger charge is -2.12. The maximum Gasteiger partial charge on any atom is 0.127 e. The second kappa shape index (κ2) is 6.62. The third-order valence-electron chi connectivity index (χ3n) is 4.18. The Morgan fingerprint density at radius 1 is 1.14 bits per heavy atom. The summed E-state index contributed by atoms with van der Waals surface area (Å²) < 4.78 is 19.5. The van der Waals surface area contributed by atoms with Gasteiger partial charge in [0.25, 0.3) is 0 Å². The predicted octanol–water partition coefficient (Wildman–Crippen LogP) is 4.39. The zero-order valence-corrected chi connectivity index (χ0v) is 12.4. The minimum absolute atomic E-state index is 0.327. The number of hydrogen-bond acceptors (Lipinski definition) is 2. The fourth-order valence-electron chi connectivity index (χ4n) is 2.98. The normalized spacial score (nSPS) is 14.2. The number of aryl methyl sites for hydroxylation is 2. The number of hydrogen-bond donors (Lipinski definition) is 0. The van der Waals surface area contributed by atoms with Crippen molar-refractivity contribution in [2.75, 3.05) is 6.61 Å². The van der Waals surface area contributed by atoms with Gasteiger partial charge in [-0.05, 0) is 48.6 Å². The van der Waals surface area contributed by atoms with Crippen LogP contribution >= 0.6 is 0 Å². The van der Waals surface area contributed by atoms with Gasteiger partial charge in [0, 0.05) is 12.0 Å². The van der Waals surface area contributed by atoms with Crippen LogP contribution in [-0.2, 0) is 12.8 Å². The van der Waals surface area contributed by atoms with E-state index in [2.05, 4.69) is 18.2 Å². The van der Waals surface area contributed by atoms with Gasteiger partial charge < -0.3 is 4.74 Å². The Morgan fingerprint density at radius 3 is 2.77 bits per heavy atom. The number of fused-ring (bicyclic) bond motifs is 1. The average molecular weight is 295 g/mol. The van der Waals surface area contributed by atoms with Crippen molar-refractivity contribution in [3.8, 4) is 11.8 Å². The molecule has 2 aromatic rings. The van der Waals surface area contributed by atoms with Crippen LogP contribution in [0.4, 0.5) is 4.39 Å². The van der Waals surface area contributed by atoms with Crippen LogP contribution in [0.3, 0.4) is 0 Å². The molecule has 0 heterocycles. The van der Waals surface area contributed by atoms with E-state index in [4.69, 9.17) is 4.74 Å². The second-order valence-electron chi connectivity index (χ2n) is 5.62. The molecule has 3 rings (SSSR count). The van der Waals surface area contributed by atoms with Crippen LogP contribution < -0.4 is 4.74 Å². The van der Waals surface area contributed by atoms with Crippen molar-refractivity contribution in [1.29, 1.82) is 5.26 Å². The van der Waals surface area contributed by atoms with Gasteiger partial charge in [-0.2, -0.15) is 5.26 Å². The number of ether oxygens (including phenoxy) is 1. The molecule has 22 heavy (non-hydrogen) atoms. The monoisotopic (exact) mass is 295 g/mol. The molecule has 0 aliphatic heterocycles. The van der Waals surface area contributed by atoms with Crippen LogP contribution in [0.15, 0.2) is 42.5 Å². The van der Waals surface area contributed by atoms with Crippen molar-refractivity contribution in [1.82, 2.24) is 0 Å². The highest BCUT2D eigenvalue weighted by molar-refractivity contribution is 5.38. The standard InChI is InChI=1S/C19H18FNO/c20-19-7-2-1-6-18(19)16(13-21)10-11-22-17-9-8-14-4-3-5-15(14)12-17/h1-2,6-9,12,16H,3-5,10-11H2. The van der Waals surface area contributed by atoms with Gasteiger partial charge in [-0.3, -0.25) is 0 Å². The highest BCUT2D eigenvalue weighted by Crippen LogP contribution is 2.27. The minimum atomic E-state index is -0.476. The first-order valence-electron chi connectivity index (χ1n) is 7.66. The van der Waals surface area contributed by atoms with E-state index in [1.54, 1.807) is 18.2 Å². The van der Waals surface area contributed by atoms with Crippen molar-refractivity contribution < 1.29 is 9.13 Å². The van der Waals surface area contributed by atoms with Gasteiger partial charge in [0.1, 0.15) is 11.6 Å². The van der Waals surface area contributed by atoms with E-state index < -0.39 is 5.92 Å². The van der Waals surface area contributed by atoms with Gasteiger partial charge in [-0.1, -0.05) is 24.3 Å². The first-order chi connectivity index (χ1) is 10.8. The van der Waals surface area contributed by atoms with Crippen molar-refractivity contribution in [2.45, 2.75) is 31.6 Å². The number of benzene rings is 2. The Balaban J connectivity index is 1.60. The molecule has 1 unspecified atom stereocenters. The van der Waals surface area contributed by atoms with E-state index >= 15 is 0 Å². The van der Waals surface area contributed by atoms with E-state index in [-0.39, 0.29) is 5.82 Å². The molecule has 1 aliphatic carbocycles. The Morgan fingerprint density at radius 2 is 1.95 bits per heavy atom. The largest absolute Gasteiger partial charge is 0.494 e.